The monoisotopic (exact) mass is 499 g/mol. The minimum Gasteiger partial charge on any atom is -0.481 e. The van der Waals surface area contributed by atoms with Crippen molar-refractivity contribution in [3.8, 4) is 0 Å². The molecule has 0 unspecified atom stereocenters. The van der Waals surface area contributed by atoms with Gasteiger partial charge in [-0.15, -0.1) is 11.8 Å². The van der Waals surface area contributed by atoms with Crippen molar-refractivity contribution in [2.75, 3.05) is 38.0 Å². The van der Waals surface area contributed by atoms with Crippen LogP contribution in [0.1, 0.15) is 64.2 Å². The maximum atomic E-state index is 13.5. The number of aromatic nitrogens is 1. The number of carboxylic acids is 1. The molecule has 0 bridgehead atoms. The summed E-state index contributed by atoms with van der Waals surface area (Å²) in [7, 11) is 1.68. The highest BCUT2D eigenvalue weighted by molar-refractivity contribution is 8.01. The summed E-state index contributed by atoms with van der Waals surface area (Å²) in [5, 5.41) is 12.4. The SMILES string of the molecule is COCCOC[C@H]1CC[C@H](N(C(=O)Nc2ncc(SCC(=O)O)s2)C2CCCCCC2)CC1. The van der Waals surface area contributed by atoms with E-state index >= 15 is 0 Å². The largest absolute Gasteiger partial charge is 0.481 e. The van der Waals surface area contributed by atoms with Gasteiger partial charge in [-0.05, 0) is 44.4 Å². The predicted molar refractivity (Wildman–Crippen MR) is 131 cm³/mol. The lowest BCUT2D eigenvalue weighted by Crippen LogP contribution is -2.50. The molecule has 8 nitrogen and oxygen atoms in total. The Morgan fingerprint density at radius 1 is 1.12 bits per heavy atom. The topological polar surface area (TPSA) is 101 Å². The number of amides is 2. The van der Waals surface area contributed by atoms with Gasteiger partial charge < -0.3 is 19.5 Å². The highest BCUT2D eigenvalue weighted by Gasteiger charge is 2.34. The number of ether oxygens (including phenoxy) is 2. The number of thiazole rings is 1. The third-order valence-corrected chi connectivity index (χ3v) is 8.58. The van der Waals surface area contributed by atoms with Crippen molar-refractivity contribution in [3.05, 3.63) is 6.20 Å². The molecule has 1 heterocycles. The number of aliphatic carboxylic acids is 1. The van der Waals surface area contributed by atoms with Crippen molar-refractivity contribution in [2.24, 2.45) is 5.92 Å². The van der Waals surface area contributed by atoms with Gasteiger partial charge >= 0.3 is 12.0 Å². The molecular weight excluding hydrogens is 462 g/mol. The molecule has 0 saturated heterocycles. The summed E-state index contributed by atoms with van der Waals surface area (Å²) in [5.74, 6) is -0.328. The molecule has 2 N–H and O–H groups in total. The Hall–Kier alpha value is -1.36. The van der Waals surface area contributed by atoms with Gasteiger partial charge in [-0.2, -0.15) is 0 Å². The third kappa shape index (κ3) is 8.73. The average molecular weight is 500 g/mol. The standard InChI is InChI=1S/C23H37N3O5S2/c1-30-12-13-31-15-17-8-10-19(11-9-17)26(18-6-4-2-3-5-7-18)23(29)25-22-24-14-21(33-22)32-16-20(27)28/h14,17-19H,2-13,15-16H2,1H3,(H,27,28)(H,24,25,29)/t17-,19-. The number of anilines is 1. The quantitative estimate of drug-likeness (QED) is 0.248. The van der Waals surface area contributed by atoms with Gasteiger partial charge in [0.25, 0.3) is 0 Å². The molecule has 33 heavy (non-hydrogen) atoms. The van der Waals surface area contributed by atoms with E-state index in [-0.39, 0.29) is 23.9 Å². The zero-order valence-electron chi connectivity index (χ0n) is 19.5. The van der Waals surface area contributed by atoms with Crippen molar-refractivity contribution in [1.82, 2.24) is 9.88 Å². The van der Waals surface area contributed by atoms with Gasteiger partial charge in [0.2, 0.25) is 0 Å². The number of nitrogens with one attached hydrogen (secondary N) is 1. The Bertz CT molecular complexity index is 731. The Morgan fingerprint density at radius 3 is 2.48 bits per heavy atom. The fourth-order valence-electron chi connectivity index (χ4n) is 4.82. The molecule has 0 aromatic carbocycles. The van der Waals surface area contributed by atoms with Crippen molar-refractivity contribution >= 4 is 40.2 Å². The molecule has 2 aliphatic rings. The molecule has 10 heteroatoms. The van der Waals surface area contributed by atoms with Crippen LogP contribution in [0.5, 0.6) is 0 Å². The first-order valence-corrected chi connectivity index (χ1v) is 13.8. The van der Waals surface area contributed by atoms with Crippen LogP contribution in [0, 0.1) is 5.92 Å². The van der Waals surface area contributed by atoms with Crippen molar-refractivity contribution in [2.45, 2.75) is 80.5 Å². The van der Waals surface area contributed by atoms with Gasteiger partial charge in [-0.3, -0.25) is 10.1 Å². The second-order valence-electron chi connectivity index (χ2n) is 8.89. The molecule has 186 valence electrons. The van der Waals surface area contributed by atoms with Crippen LogP contribution in [-0.4, -0.2) is 71.8 Å². The van der Waals surface area contributed by atoms with Crippen molar-refractivity contribution in [3.63, 3.8) is 0 Å². The minimum absolute atomic E-state index is 0.0117. The van der Waals surface area contributed by atoms with Crippen LogP contribution in [0.4, 0.5) is 9.93 Å². The zero-order chi connectivity index (χ0) is 23.5. The number of carbonyl (C=O) groups excluding carboxylic acids is 1. The Labute approximate surface area is 204 Å². The molecule has 2 amide bonds. The van der Waals surface area contributed by atoms with Gasteiger partial charge in [0, 0.05) is 25.8 Å². The van der Waals surface area contributed by atoms with Gasteiger partial charge in [0.1, 0.15) is 0 Å². The summed E-state index contributed by atoms with van der Waals surface area (Å²) >= 11 is 2.56. The fourth-order valence-corrected chi connectivity index (χ4v) is 6.40. The molecule has 1 aromatic rings. The lowest BCUT2D eigenvalue weighted by atomic mass is 9.85. The van der Waals surface area contributed by atoms with Crippen LogP contribution < -0.4 is 5.32 Å². The maximum Gasteiger partial charge on any atom is 0.324 e. The molecule has 2 aliphatic carbocycles. The molecule has 2 saturated carbocycles. The lowest BCUT2D eigenvalue weighted by molar-refractivity contribution is -0.133. The smallest absolute Gasteiger partial charge is 0.324 e. The van der Waals surface area contributed by atoms with Crippen LogP contribution in [-0.2, 0) is 14.3 Å². The van der Waals surface area contributed by atoms with Gasteiger partial charge in [-0.25, -0.2) is 9.78 Å². The second kappa shape index (κ2) is 14.1. The van der Waals surface area contributed by atoms with E-state index in [0.29, 0.717) is 24.3 Å². The summed E-state index contributed by atoms with van der Waals surface area (Å²) in [4.78, 5) is 30.7. The number of carboxylic acid groups (broad SMARTS) is 1. The number of thioether (sulfide) groups is 1. The van der Waals surface area contributed by atoms with Gasteiger partial charge in [-0.1, -0.05) is 37.0 Å². The summed E-state index contributed by atoms with van der Waals surface area (Å²) in [5.41, 5.74) is 0. The number of hydrogen-bond acceptors (Lipinski definition) is 7. The number of nitrogens with zero attached hydrogens (tertiary/aromatic N) is 2. The van der Waals surface area contributed by atoms with E-state index in [4.69, 9.17) is 14.6 Å². The van der Waals surface area contributed by atoms with Crippen LogP contribution in [0.2, 0.25) is 0 Å². The molecule has 0 aliphatic heterocycles. The zero-order valence-corrected chi connectivity index (χ0v) is 21.1. The van der Waals surface area contributed by atoms with E-state index in [1.807, 2.05) is 0 Å². The number of hydrogen-bond donors (Lipinski definition) is 2. The number of rotatable bonds is 11. The Balaban J connectivity index is 1.60. The average Bonchev–Trinajstić information content (AvgIpc) is 3.08. The normalized spacial score (nSPS) is 22.0. The van der Waals surface area contributed by atoms with E-state index in [2.05, 4.69) is 15.2 Å². The number of methoxy groups -OCH3 is 1. The van der Waals surface area contributed by atoms with Crippen molar-refractivity contribution < 1.29 is 24.2 Å². The molecule has 3 rings (SSSR count). The first kappa shape index (κ1) is 26.2. The minimum atomic E-state index is -0.863. The first-order valence-electron chi connectivity index (χ1n) is 12.0. The van der Waals surface area contributed by atoms with Crippen LogP contribution in [0.15, 0.2) is 10.4 Å². The van der Waals surface area contributed by atoms with Gasteiger partial charge in [0.05, 0.1) is 29.4 Å². The Kier molecular flexibility index (Phi) is 11.2. The summed E-state index contributed by atoms with van der Waals surface area (Å²) < 4.78 is 11.6. The van der Waals surface area contributed by atoms with E-state index in [0.717, 1.165) is 49.3 Å². The predicted octanol–water partition coefficient (Wildman–Crippen LogP) is 5.10. The lowest BCUT2D eigenvalue weighted by Gasteiger charge is -2.41. The Morgan fingerprint density at radius 2 is 1.82 bits per heavy atom. The highest BCUT2D eigenvalue weighted by atomic mass is 32.2. The molecule has 1 aromatic heterocycles. The number of urea groups is 1. The third-order valence-electron chi connectivity index (χ3n) is 6.48. The maximum absolute atomic E-state index is 13.5. The van der Waals surface area contributed by atoms with E-state index in [1.165, 1.54) is 48.8 Å². The van der Waals surface area contributed by atoms with Gasteiger partial charge in [0.15, 0.2) is 5.13 Å². The number of carbonyl (C=O) groups is 2. The second-order valence-corrected chi connectivity index (χ2v) is 11.2. The van der Waals surface area contributed by atoms with Crippen LogP contribution in [0.3, 0.4) is 0 Å². The summed E-state index contributed by atoms with van der Waals surface area (Å²) in [6, 6.07) is 0.447. The van der Waals surface area contributed by atoms with Crippen LogP contribution >= 0.6 is 23.1 Å². The molecule has 2 fully saturated rings. The van der Waals surface area contributed by atoms with E-state index < -0.39 is 5.97 Å². The van der Waals surface area contributed by atoms with Crippen molar-refractivity contribution in [1.29, 1.82) is 0 Å². The van der Waals surface area contributed by atoms with Crippen LogP contribution in [0.25, 0.3) is 0 Å². The fraction of sp³-hybridized carbons (Fsp3) is 0.783. The van der Waals surface area contributed by atoms with E-state index in [9.17, 15) is 9.59 Å². The molecule has 0 spiro atoms. The van der Waals surface area contributed by atoms with E-state index in [1.54, 1.807) is 13.3 Å². The summed E-state index contributed by atoms with van der Waals surface area (Å²) in [6.07, 6.45) is 12.7. The molecular formula is C23H37N3O5S2. The highest BCUT2D eigenvalue weighted by Crippen LogP contribution is 2.34. The molecule has 0 radical (unpaired) electrons. The summed E-state index contributed by atoms with van der Waals surface area (Å²) in [6.45, 7) is 2.02. The molecule has 0 atom stereocenters. The first-order chi connectivity index (χ1) is 16.1.